The summed E-state index contributed by atoms with van der Waals surface area (Å²) in [4.78, 5) is 26.1. The molecule has 0 aromatic heterocycles. The van der Waals surface area contributed by atoms with Crippen LogP contribution in [0.5, 0.6) is 0 Å². The predicted molar refractivity (Wildman–Crippen MR) is 116 cm³/mol. The average molecular weight is 411 g/mol. The number of ether oxygens (including phenoxy) is 1. The third-order valence-corrected chi connectivity index (χ3v) is 5.86. The van der Waals surface area contributed by atoms with E-state index in [0.717, 1.165) is 17.6 Å². The van der Waals surface area contributed by atoms with Crippen molar-refractivity contribution in [1.82, 2.24) is 0 Å². The van der Waals surface area contributed by atoms with Gasteiger partial charge >= 0.3 is 5.97 Å². The van der Waals surface area contributed by atoms with Gasteiger partial charge in [0.2, 0.25) is 0 Å². The summed E-state index contributed by atoms with van der Waals surface area (Å²) in [6.45, 7) is 11.6. The van der Waals surface area contributed by atoms with Gasteiger partial charge in [0.25, 0.3) is 0 Å². The minimum absolute atomic E-state index is 0.0517. The van der Waals surface area contributed by atoms with Crippen LogP contribution in [-0.2, 0) is 20.7 Å². The monoisotopic (exact) mass is 410 g/mol. The molecule has 160 valence electrons. The van der Waals surface area contributed by atoms with E-state index in [4.69, 9.17) is 4.74 Å². The zero-order valence-corrected chi connectivity index (χ0v) is 18.8. The first kappa shape index (κ1) is 22.2. The standard InChI is InChI=1S/C26H31FO3/c1-15-11-16(2)22(17(3)12-15)23-21(30-25(29)26(4,5)6)14-19(24(23)28)13-18-9-7-8-10-20(18)27/h7-11,17,19H,12-14H2,1-6H3. The van der Waals surface area contributed by atoms with E-state index in [-0.39, 0.29) is 23.5 Å². The Labute approximate surface area is 178 Å². The summed E-state index contributed by atoms with van der Waals surface area (Å²) in [5, 5.41) is 0. The lowest BCUT2D eigenvalue weighted by molar-refractivity contribution is -0.148. The molecule has 3 nitrogen and oxygen atoms in total. The maximum atomic E-state index is 14.2. The van der Waals surface area contributed by atoms with Gasteiger partial charge in [0.1, 0.15) is 11.6 Å². The van der Waals surface area contributed by atoms with Crippen LogP contribution >= 0.6 is 0 Å². The largest absolute Gasteiger partial charge is 0.430 e. The highest BCUT2D eigenvalue weighted by Gasteiger charge is 2.40. The molecule has 0 amide bonds. The number of ketones is 1. The molecule has 1 aromatic rings. The van der Waals surface area contributed by atoms with E-state index in [0.29, 0.717) is 29.7 Å². The third kappa shape index (κ3) is 4.48. The molecular weight excluding hydrogens is 379 g/mol. The summed E-state index contributed by atoms with van der Waals surface area (Å²) in [7, 11) is 0. The fourth-order valence-electron chi connectivity index (χ4n) is 4.42. The number of Topliss-reactive ketones (excluding diaryl/α,β-unsaturated/α-hetero) is 1. The molecule has 0 fully saturated rings. The average Bonchev–Trinajstić information content (AvgIpc) is 2.91. The minimum Gasteiger partial charge on any atom is -0.430 e. The summed E-state index contributed by atoms with van der Waals surface area (Å²) in [5.41, 5.74) is 3.62. The first-order chi connectivity index (χ1) is 14.0. The lowest BCUT2D eigenvalue weighted by atomic mass is 9.79. The maximum Gasteiger partial charge on any atom is 0.316 e. The molecule has 1 aromatic carbocycles. The highest BCUT2D eigenvalue weighted by Crippen LogP contribution is 2.43. The molecule has 30 heavy (non-hydrogen) atoms. The summed E-state index contributed by atoms with van der Waals surface area (Å²) in [6.07, 6.45) is 3.57. The van der Waals surface area contributed by atoms with Crippen molar-refractivity contribution in [2.24, 2.45) is 17.3 Å². The van der Waals surface area contributed by atoms with Crippen LogP contribution in [0, 0.1) is 23.1 Å². The SMILES string of the molecule is CC1=CC(C)=C(C2=C(OC(=O)C(C)(C)C)CC(Cc3ccccc3F)C2=O)C(C)C1. The van der Waals surface area contributed by atoms with Gasteiger partial charge < -0.3 is 4.74 Å². The number of hydrogen-bond donors (Lipinski definition) is 0. The molecule has 0 N–H and O–H groups in total. The number of rotatable bonds is 4. The van der Waals surface area contributed by atoms with Crippen molar-refractivity contribution in [3.8, 4) is 0 Å². The van der Waals surface area contributed by atoms with Gasteiger partial charge in [-0.3, -0.25) is 9.59 Å². The molecular formula is C26H31FO3. The Hall–Kier alpha value is -2.49. The lowest BCUT2D eigenvalue weighted by Crippen LogP contribution is -2.23. The van der Waals surface area contributed by atoms with Gasteiger partial charge in [-0.25, -0.2) is 4.39 Å². The topological polar surface area (TPSA) is 43.4 Å². The zero-order valence-electron chi connectivity index (χ0n) is 18.8. The highest BCUT2D eigenvalue weighted by molar-refractivity contribution is 6.05. The number of benzene rings is 1. The van der Waals surface area contributed by atoms with Gasteiger partial charge in [-0.1, -0.05) is 36.8 Å². The Balaban J connectivity index is 2.02. The Bertz CT molecular complexity index is 972. The van der Waals surface area contributed by atoms with Crippen LogP contribution in [-0.4, -0.2) is 11.8 Å². The predicted octanol–water partition coefficient (Wildman–Crippen LogP) is 6.10. The van der Waals surface area contributed by atoms with Crippen LogP contribution in [0.25, 0.3) is 0 Å². The lowest BCUT2D eigenvalue weighted by Gasteiger charge is -2.25. The molecule has 3 rings (SSSR count). The smallest absolute Gasteiger partial charge is 0.316 e. The number of hydrogen-bond acceptors (Lipinski definition) is 3. The quantitative estimate of drug-likeness (QED) is 0.563. The molecule has 0 saturated carbocycles. The Morgan fingerprint density at radius 2 is 1.83 bits per heavy atom. The molecule has 2 atom stereocenters. The van der Waals surface area contributed by atoms with E-state index < -0.39 is 11.3 Å². The summed E-state index contributed by atoms with van der Waals surface area (Å²) < 4.78 is 20.0. The van der Waals surface area contributed by atoms with E-state index in [2.05, 4.69) is 19.9 Å². The van der Waals surface area contributed by atoms with Crippen LogP contribution in [0.1, 0.15) is 59.9 Å². The third-order valence-electron chi connectivity index (χ3n) is 5.86. The molecule has 0 spiro atoms. The molecule has 0 aliphatic heterocycles. The summed E-state index contributed by atoms with van der Waals surface area (Å²) in [5.74, 6) is -0.557. The second-order valence-electron chi connectivity index (χ2n) is 9.69. The van der Waals surface area contributed by atoms with Crippen molar-refractivity contribution in [3.05, 3.63) is 69.8 Å². The molecule has 4 heteroatoms. The van der Waals surface area contributed by atoms with Gasteiger partial charge in [-0.05, 0) is 76.2 Å². The number of halogens is 1. The Morgan fingerprint density at radius 1 is 1.17 bits per heavy atom. The summed E-state index contributed by atoms with van der Waals surface area (Å²) >= 11 is 0. The van der Waals surface area contributed by atoms with Crippen LogP contribution < -0.4 is 0 Å². The molecule has 0 radical (unpaired) electrons. The second kappa shape index (κ2) is 8.33. The molecule has 0 saturated heterocycles. The van der Waals surface area contributed by atoms with Gasteiger partial charge in [-0.15, -0.1) is 0 Å². The molecule has 2 unspecified atom stereocenters. The van der Waals surface area contributed by atoms with Crippen molar-refractivity contribution in [3.63, 3.8) is 0 Å². The Morgan fingerprint density at radius 3 is 2.43 bits per heavy atom. The van der Waals surface area contributed by atoms with Gasteiger partial charge in [0.05, 0.1) is 11.0 Å². The van der Waals surface area contributed by atoms with Gasteiger partial charge in [0, 0.05) is 12.3 Å². The zero-order chi connectivity index (χ0) is 22.2. The number of carbonyl (C=O) groups is 2. The van der Waals surface area contributed by atoms with Crippen LogP contribution in [0.2, 0.25) is 0 Å². The first-order valence-electron chi connectivity index (χ1n) is 10.6. The van der Waals surface area contributed by atoms with Crippen LogP contribution in [0.4, 0.5) is 4.39 Å². The normalized spacial score (nSPS) is 22.5. The van der Waals surface area contributed by atoms with E-state index >= 15 is 0 Å². The fourth-order valence-corrected chi connectivity index (χ4v) is 4.42. The maximum absolute atomic E-state index is 14.2. The molecule has 0 bridgehead atoms. The molecule has 0 heterocycles. The van der Waals surface area contributed by atoms with Gasteiger partial charge in [0.15, 0.2) is 5.78 Å². The molecule has 2 aliphatic carbocycles. The first-order valence-corrected chi connectivity index (χ1v) is 10.6. The number of allylic oxidation sites excluding steroid dienone is 6. The van der Waals surface area contributed by atoms with Crippen LogP contribution in [0.15, 0.2) is 58.4 Å². The van der Waals surface area contributed by atoms with E-state index in [1.165, 1.54) is 11.6 Å². The fraction of sp³-hybridized carbons (Fsp3) is 0.462. The van der Waals surface area contributed by atoms with E-state index in [1.807, 2.05) is 6.92 Å². The van der Waals surface area contributed by atoms with Crippen molar-refractivity contribution < 1.29 is 18.7 Å². The minimum atomic E-state index is -0.678. The number of esters is 1. The highest BCUT2D eigenvalue weighted by atomic mass is 19.1. The van der Waals surface area contributed by atoms with Crippen molar-refractivity contribution in [2.75, 3.05) is 0 Å². The van der Waals surface area contributed by atoms with Crippen molar-refractivity contribution in [2.45, 2.75) is 60.8 Å². The van der Waals surface area contributed by atoms with Crippen LogP contribution in [0.3, 0.4) is 0 Å². The Kier molecular flexibility index (Phi) is 6.16. The van der Waals surface area contributed by atoms with Gasteiger partial charge in [-0.2, -0.15) is 0 Å². The van der Waals surface area contributed by atoms with E-state index in [9.17, 15) is 14.0 Å². The van der Waals surface area contributed by atoms with Crippen molar-refractivity contribution >= 4 is 11.8 Å². The second-order valence-corrected chi connectivity index (χ2v) is 9.69. The van der Waals surface area contributed by atoms with E-state index in [1.54, 1.807) is 39.0 Å². The number of carbonyl (C=O) groups excluding carboxylic acids is 2. The molecule has 2 aliphatic rings. The van der Waals surface area contributed by atoms with Crippen molar-refractivity contribution in [1.29, 1.82) is 0 Å². The summed E-state index contributed by atoms with van der Waals surface area (Å²) in [6, 6.07) is 6.53.